The van der Waals surface area contributed by atoms with E-state index in [2.05, 4.69) is 103 Å². The molecule has 3 aromatic rings. The molecule has 1 aliphatic rings. The molecule has 2 nitrogen and oxygen atoms in total. The van der Waals surface area contributed by atoms with Crippen molar-refractivity contribution in [2.75, 3.05) is 0 Å². The Morgan fingerprint density at radius 2 is 1.10 bits per heavy atom. The summed E-state index contributed by atoms with van der Waals surface area (Å²) in [5.74, 6) is 0. The van der Waals surface area contributed by atoms with Crippen LogP contribution in [0.15, 0.2) is 36.4 Å². The van der Waals surface area contributed by atoms with Gasteiger partial charge in [-0.3, -0.25) is 0 Å². The molecule has 0 N–H and O–H groups in total. The van der Waals surface area contributed by atoms with E-state index in [1.165, 1.54) is 49.2 Å². The predicted molar refractivity (Wildman–Crippen MR) is 146 cm³/mol. The smallest absolute Gasteiger partial charge is 0.399 e. The van der Waals surface area contributed by atoms with Crippen LogP contribution in [0.3, 0.4) is 0 Å². The van der Waals surface area contributed by atoms with Gasteiger partial charge in [0.15, 0.2) is 0 Å². The van der Waals surface area contributed by atoms with Gasteiger partial charge >= 0.3 is 7.12 Å². The van der Waals surface area contributed by atoms with Gasteiger partial charge in [0.2, 0.25) is 0 Å². The van der Waals surface area contributed by atoms with Crippen molar-refractivity contribution >= 4 is 89.9 Å². The van der Waals surface area contributed by atoms with Crippen molar-refractivity contribution in [1.29, 1.82) is 0 Å². The average molecular weight is 389 g/mol. The molecule has 0 spiro atoms. The van der Waals surface area contributed by atoms with Gasteiger partial charge < -0.3 is 9.31 Å². The highest BCUT2D eigenvalue weighted by molar-refractivity contribution is 6.68. The highest BCUT2D eigenvalue weighted by atomic mass is 16.7. The Hall–Kier alpha value is -1.77. The van der Waals surface area contributed by atoms with Gasteiger partial charge in [0, 0.05) is 0 Å². The summed E-state index contributed by atoms with van der Waals surface area (Å²) in [5, 5.41) is 2.45. The molecule has 146 valence electrons. The first-order valence-corrected chi connectivity index (χ1v) is 10.9. The van der Waals surface area contributed by atoms with E-state index < -0.39 is 0 Å². The van der Waals surface area contributed by atoms with Gasteiger partial charge in [0.1, 0.15) is 39.2 Å². The average Bonchev–Trinajstić information content (AvgIpc) is 2.91. The highest BCUT2D eigenvalue weighted by Gasteiger charge is 2.51. The zero-order valence-electron chi connectivity index (χ0n) is 19.9. The van der Waals surface area contributed by atoms with Crippen molar-refractivity contribution in [2.24, 2.45) is 0 Å². The van der Waals surface area contributed by atoms with Gasteiger partial charge in [-0.1, -0.05) is 41.3 Å². The summed E-state index contributed by atoms with van der Waals surface area (Å²) in [5.41, 5.74) is 10.0. The minimum atomic E-state index is -0.328. The maximum absolute atomic E-state index is 6.24. The summed E-state index contributed by atoms with van der Waals surface area (Å²) < 4.78 is 12.5. The number of hydrogen-bond acceptors (Lipinski definition) is 2. The van der Waals surface area contributed by atoms with Crippen LogP contribution >= 0.6 is 0 Å². The molecule has 4 rings (SSSR count). The Balaban J connectivity index is 1.76. The third-order valence-electron chi connectivity index (χ3n) is 7.68. The largest absolute Gasteiger partial charge is 0.494 e. The molecule has 1 aliphatic heterocycles. The number of rotatable bonds is 2. The highest BCUT2D eigenvalue weighted by Crippen LogP contribution is 2.36. The molecule has 1 heterocycles. The summed E-state index contributed by atoms with van der Waals surface area (Å²) in [6.07, 6.45) is 0. The molecule has 1 saturated heterocycles. The standard InChI is InChI=1S/C22H28B6O2/c1-21(2)22(3,4)30-28(29-21)14-8-7-11-9-13(6-5-12(11)10-14)15-16(23)18(25)20(27)19(26)17(15)24/h5-10H,23-27H2,1-4H3. The number of fused-ring (bicyclic) bond motifs is 1. The van der Waals surface area contributed by atoms with E-state index in [1.807, 2.05) is 0 Å². The van der Waals surface area contributed by atoms with Crippen molar-refractivity contribution in [3.63, 3.8) is 0 Å². The van der Waals surface area contributed by atoms with Crippen molar-refractivity contribution in [2.45, 2.75) is 38.9 Å². The Bertz CT molecular complexity index is 1130. The van der Waals surface area contributed by atoms with E-state index in [4.69, 9.17) is 9.31 Å². The fourth-order valence-corrected chi connectivity index (χ4v) is 4.48. The van der Waals surface area contributed by atoms with Crippen LogP contribution in [0.25, 0.3) is 21.9 Å². The van der Waals surface area contributed by atoms with E-state index in [0.717, 1.165) is 5.46 Å². The van der Waals surface area contributed by atoms with E-state index in [1.54, 1.807) is 0 Å². The first kappa shape index (κ1) is 21.5. The molecule has 0 aromatic heterocycles. The van der Waals surface area contributed by atoms with Gasteiger partial charge in [-0.05, 0) is 61.1 Å². The van der Waals surface area contributed by atoms with Crippen molar-refractivity contribution < 1.29 is 9.31 Å². The third kappa shape index (κ3) is 3.29. The minimum Gasteiger partial charge on any atom is -0.399 e. The van der Waals surface area contributed by atoms with Crippen molar-refractivity contribution in [3.8, 4) is 11.1 Å². The van der Waals surface area contributed by atoms with E-state index >= 15 is 0 Å². The molecule has 3 aromatic carbocycles. The Morgan fingerprint density at radius 1 is 0.633 bits per heavy atom. The lowest BCUT2D eigenvalue weighted by atomic mass is 9.59. The molecule has 8 heteroatoms. The fourth-order valence-electron chi connectivity index (χ4n) is 4.48. The third-order valence-corrected chi connectivity index (χ3v) is 7.68. The first-order valence-electron chi connectivity index (χ1n) is 10.9. The summed E-state index contributed by atoms with van der Waals surface area (Å²) in [7, 11) is 10.9. The molecule has 0 aliphatic carbocycles. The molecule has 1 fully saturated rings. The Kier molecular flexibility index (Phi) is 5.11. The lowest BCUT2D eigenvalue weighted by Gasteiger charge is -2.32. The molecule has 0 amide bonds. The lowest BCUT2D eigenvalue weighted by Crippen LogP contribution is -2.55. The van der Waals surface area contributed by atoms with Crippen LogP contribution in [0, 0.1) is 0 Å². The molecule has 0 bridgehead atoms. The van der Waals surface area contributed by atoms with Crippen LogP contribution < -0.4 is 32.8 Å². The van der Waals surface area contributed by atoms with Crippen LogP contribution in [0.2, 0.25) is 0 Å². The summed E-state index contributed by atoms with van der Waals surface area (Å²) in [6, 6.07) is 13.3. The van der Waals surface area contributed by atoms with E-state index in [-0.39, 0.29) is 18.3 Å². The topological polar surface area (TPSA) is 18.5 Å². The van der Waals surface area contributed by atoms with Crippen LogP contribution in [0.1, 0.15) is 27.7 Å². The molecule has 0 unspecified atom stereocenters. The zero-order valence-corrected chi connectivity index (χ0v) is 19.9. The summed E-state index contributed by atoms with van der Waals surface area (Å²) >= 11 is 0. The van der Waals surface area contributed by atoms with Gasteiger partial charge in [-0.15, -0.1) is 16.4 Å². The van der Waals surface area contributed by atoms with Gasteiger partial charge in [0.05, 0.1) is 11.2 Å². The van der Waals surface area contributed by atoms with E-state index in [0.29, 0.717) is 0 Å². The Labute approximate surface area is 185 Å². The van der Waals surface area contributed by atoms with Crippen LogP contribution in [-0.4, -0.2) is 57.6 Å². The van der Waals surface area contributed by atoms with Gasteiger partial charge in [-0.2, -0.15) is 0 Å². The molecule has 0 saturated carbocycles. The first-order chi connectivity index (χ1) is 13.9. The maximum atomic E-state index is 6.24. The SMILES string of the molecule is Bc1c(B)c(B)c(-c2ccc3cc(B4OC(C)(C)C(C)(C)O4)ccc3c2)c(B)c1B. The second kappa shape index (κ2) is 7.14. The quantitative estimate of drug-likeness (QED) is 0.418. The lowest BCUT2D eigenvalue weighted by molar-refractivity contribution is 0.00578. The molecular weight excluding hydrogens is 361 g/mol. The maximum Gasteiger partial charge on any atom is 0.494 e. The molecule has 0 atom stereocenters. The number of hydrogen-bond donors (Lipinski definition) is 0. The van der Waals surface area contributed by atoms with Crippen LogP contribution in [0.5, 0.6) is 0 Å². The minimum absolute atomic E-state index is 0.327. The predicted octanol–water partition coefficient (Wildman–Crippen LogP) is -3.90. The summed E-state index contributed by atoms with van der Waals surface area (Å²) in [6.45, 7) is 8.38. The molecule has 0 radical (unpaired) electrons. The van der Waals surface area contributed by atoms with E-state index in [9.17, 15) is 0 Å². The van der Waals surface area contributed by atoms with Gasteiger partial charge in [0.25, 0.3) is 0 Å². The monoisotopic (exact) mass is 390 g/mol. The molecule has 30 heavy (non-hydrogen) atoms. The van der Waals surface area contributed by atoms with Crippen molar-refractivity contribution in [3.05, 3.63) is 36.4 Å². The molecular formula is C22H28B6O2. The van der Waals surface area contributed by atoms with Crippen LogP contribution in [-0.2, 0) is 9.31 Å². The Morgan fingerprint density at radius 3 is 1.67 bits per heavy atom. The fraction of sp³-hybridized carbons (Fsp3) is 0.273. The number of benzene rings is 3. The normalized spacial score (nSPS) is 17.5. The van der Waals surface area contributed by atoms with Crippen molar-refractivity contribution in [1.82, 2.24) is 0 Å². The second-order valence-electron chi connectivity index (χ2n) is 9.91. The summed E-state index contributed by atoms with van der Waals surface area (Å²) in [4.78, 5) is 0. The zero-order chi connectivity index (χ0) is 22.0. The second-order valence-corrected chi connectivity index (χ2v) is 9.91. The van der Waals surface area contributed by atoms with Gasteiger partial charge in [-0.25, -0.2) is 0 Å². The van der Waals surface area contributed by atoms with Crippen LogP contribution in [0.4, 0.5) is 0 Å².